The average Bonchev–Trinajstić information content (AvgIpc) is 2.41. The summed E-state index contributed by atoms with van der Waals surface area (Å²) >= 11 is 0. The molecule has 0 saturated carbocycles. The van der Waals surface area contributed by atoms with Crippen molar-refractivity contribution in [3.8, 4) is 0 Å². The van der Waals surface area contributed by atoms with Gasteiger partial charge in [0, 0.05) is 25.3 Å². The van der Waals surface area contributed by atoms with Gasteiger partial charge in [0.25, 0.3) is 0 Å². The molecule has 0 unspecified atom stereocenters. The SMILES string of the molecule is CCCN(CC)c1ccc(CNCC)cc1C(F)(F)F. The molecule has 0 amide bonds. The van der Waals surface area contributed by atoms with Crippen LogP contribution in [-0.2, 0) is 12.7 Å². The van der Waals surface area contributed by atoms with E-state index in [0.29, 0.717) is 25.2 Å². The number of hydrogen-bond acceptors (Lipinski definition) is 2. The first-order valence-electron chi connectivity index (χ1n) is 7.09. The van der Waals surface area contributed by atoms with Crippen LogP contribution in [0.4, 0.5) is 18.9 Å². The Hall–Kier alpha value is -1.23. The van der Waals surface area contributed by atoms with E-state index in [-0.39, 0.29) is 5.69 Å². The molecule has 0 spiro atoms. The van der Waals surface area contributed by atoms with Crippen LogP contribution < -0.4 is 10.2 Å². The number of nitrogens with zero attached hydrogens (tertiary/aromatic N) is 1. The molecule has 0 aliphatic rings. The van der Waals surface area contributed by atoms with Crippen LogP contribution in [0.2, 0.25) is 0 Å². The van der Waals surface area contributed by atoms with Gasteiger partial charge < -0.3 is 10.2 Å². The summed E-state index contributed by atoms with van der Waals surface area (Å²) in [4.78, 5) is 1.78. The fraction of sp³-hybridized carbons (Fsp3) is 0.600. The quantitative estimate of drug-likeness (QED) is 0.814. The van der Waals surface area contributed by atoms with Crippen molar-refractivity contribution in [2.45, 2.75) is 39.9 Å². The van der Waals surface area contributed by atoms with E-state index in [2.05, 4.69) is 5.32 Å². The molecule has 0 aromatic heterocycles. The Kier molecular flexibility index (Phi) is 6.33. The van der Waals surface area contributed by atoms with Crippen LogP contribution in [0.5, 0.6) is 0 Å². The van der Waals surface area contributed by atoms with Gasteiger partial charge in [-0.2, -0.15) is 13.2 Å². The first-order chi connectivity index (χ1) is 9.43. The molecule has 0 aliphatic heterocycles. The lowest BCUT2D eigenvalue weighted by Gasteiger charge is -2.26. The number of nitrogens with one attached hydrogen (secondary N) is 1. The molecule has 1 N–H and O–H groups in total. The smallest absolute Gasteiger partial charge is 0.371 e. The Balaban J connectivity index is 3.16. The molecule has 0 heterocycles. The van der Waals surface area contributed by atoms with Crippen LogP contribution in [0.3, 0.4) is 0 Å². The second kappa shape index (κ2) is 7.53. The van der Waals surface area contributed by atoms with Crippen molar-refractivity contribution in [2.24, 2.45) is 0 Å². The maximum atomic E-state index is 13.2. The molecule has 0 aliphatic carbocycles. The number of hydrogen-bond donors (Lipinski definition) is 1. The van der Waals surface area contributed by atoms with Crippen molar-refractivity contribution >= 4 is 5.69 Å². The van der Waals surface area contributed by atoms with Gasteiger partial charge in [0.05, 0.1) is 5.56 Å². The summed E-state index contributed by atoms with van der Waals surface area (Å²) in [5.74, 6) is 0. The molecule has 114 valence electrons. The molecule has 5 heteroatoms. The van der Waals surface area contributed by atoms with Gasteiger partial charge in [-0.25, -0.2) is 0 Å². The van der Waals surface area contributed by atoms with Crippen molar-refractivity contribution < 1.29 is 13.2 Å². The van der Waals surface area contributed by atoms with Crippen LogP contribution in [0.15, 0.2) is 18.2 Å². The third-order valence-corrected chi connectivity index (χ3v) is 3.16. The molecule has 1 aromatic rings. The molecule has 0 saturated heterocycles. The van der Waals surface area contributed by atoms with Gasteiger partial charge >= 0.3 is 6.18 Å². The Morgan fingerprint density at radius 2 is 1.85 bits per heavy atom. The predicted molar refractivity (Wildman–Crippen MR) is 77.0 cm³/mol. The van der Waals surface area contributed by atoms with Gasteiger partial charge in [-0.15, -0.1) is 0 Å². The second-order valence-electron chi connectivity index (χ2n) is 4.71. The van der Waals surface area contributed by atoms with Crippen LogP contribution in [0.25, 0.3) is 0 Å². The van der Waals surface area contributed by atoms with E-state index in [9.17, 15) is 13.2 Å². The number of halogens is 3. The molecule has 2 nitrogen and oxygen atoms in total. The van der Waals surface area contributed by atoms with Crippen LogP contribution in [0, 0.1) is 0 Å². The summed E-state index contributed by atoms with van der Waals surface area (Å²) in [5, 5.41) is 3.05. The number of rotatable bonds is 7. The molecular weight excluding hydrogens is 265 g/mol. The van der Waals surface area contributed by atoms with Gasteiger partial charge in [0.1, 0.15) is 0 Å². The van der Waals surface area contributed by atoms with E-state index in [4.69, 9.17) is 0 Å². The fourth-order valence-electron chi connectivity index (χ4n) is 2.18. The molecule has 0 fully saturated rings. The molecule has 0 radical (unpaired) electrons. The summed E-state index contributed by atoms with van der Waals surface area (Å²) in [5.41, 5.74) is 0.403. The average molecular weight is 288 g/mol. The topological polar surface area (TPSA) is 15.3 Å². The Labute approximate surface area is 119 Å². The highest BCUT2D eigenvalue weighted by Crippen LogP contribution is 2.37. The first kappa shape index (κ1) is 16.8. The lowest BCUT2D eigenvalue weighted by atomic mass is 10.1. The third-order valence-electron chi connectivity index (χ3n) is 3.16. The van der Waals surface area contributed by atoms with Crippen molar-refractivity contribution in [2.75, 3.05) is 24.5 Å². The van der Waals surface area contributed by atoms with E-state index in [0.717, 1.165) is 13.0 Å². The van der Waals surface area contributed by atoms with E-state index >= 15 is 0 Å². The number of benzene rings is 1. The van der Waals surface area contributed by atoms with Crippen molar-refractivity contribution in [3.05, 3.63) is 29.3 Å². The predicted octanol–water partition coefficient (Wildman–Crippen LogP) is 4.05. The fourth-order valence-corrected chi connectivity index (χ4v) is 2.18. The molecule has 20 heavy (non-hydrogen) atoms. The third kappa shape index (κ3) is 4.40. The van der Waals surface area contributed by atoms with E-state index in [1.807, 2.05) is 20.8 Å². The Bertz CT molecular complexity index is 416. The highest BCUT2D eigenvalue weighted by atomic mass is 19.4. The van der Waals surface area contributed by atoms with Gasteiger partial charge in [0.15, 0.2) is 0 Å². The summed E-state index contributed by atoms with van der Waals surface area (Å²) in [6, 6.07) is 4.62. The summed E-state index contributed by atoms with van der Waals surface area (Å²) in [6.07, 6.45) is -3.50. The maximum absolute atomic E-state index is 13.2. The van der Waals surface area contributed by atoms with E-state index in [1.54, 1.807) is 17.0 Å². The maximum Gasteiger partial charge on any atom is 0.418 e. The first-order valence-corrected chi connectivity index (χ1v) is 7.09. The largest absolute Gasteiger partial charge is 0.418 e. The minimum atomic E-state index is -4.32. The van der Waals surface area contributed by atoms with Crippen molar-refractivity contribution in [3.63, 3.8) is 0 Å². The van der Waals surface area contributed by atoms with Gasteiger partial charge in [0.2, 0.25) is 0 Å². The second-order valence-corrected chi connectivity index (χ2v) is 4.71. The van der Waals surface area contributed by atoms with Crippen molar-refractivity contribution in [1.82, 2.24) is 5.32 Å². The molecule has 0 atom stereocenters. The zero-order valence-electron chi connectivity index (χ0n) is 12.3. The number of anilines is 1. The zero-order chi connectivity index (χ0) is 15.2. The highest BCUT2D eigenvalue weighted by molar-refractivity contribution is 5.56. The number of alkyl halides is 3. The standard InChI is InChI=1S/C15H23F3N2/c1-4-9-20(6-3)14-8-7-12(11-19-5-2)10-13(14)15(16,17)18/h7-8,10,19H,4-6,9,11H2,1-3H3. The monoisotopic (exact) mass is 288 g/mol. The van der Waals surface area contributed by atoms with Gasteiger partial charge in [-0.1, -0.05) is 19.9 Å². The summed E-state index contributed by atoms with van der Waals surface area (Å²) < 4.78 is 39.7. The van der Waals surface area contributed by atoms with Crippen LogP contribution in [0.1, 0.15) is 38.3 Å². The van der Waals surface area contributed by atoms with Crippen LogP contribution in [-0.4, -0.2) is 19.6 Å². The van der Waals surface area contributed by atoms with Crippen LogP contribution >= 0.6 is 0 Å². The molecular formula is C15H23F3N2. The zero-order valence-corrected chi connectivity index (χ0v) is 12.3. The summed E-state index contributed by atoms with van der Waals surface area (Å²) in [6.45, 7) is 8.17. The van der Waals surface area contributed by atoms with Gasteiger partial charge in [-0.05, 0) is 37.6 Å². The molecule has 1 rings (SSSR count). The van der Waals surface area contributed by atoms with Crippen molar-refractivity contribution in [1.29, 1.82) is 0 Å². The summed E-state index contributed by atoms with van der Waals surface area (Å²) in [7, 11) is 0. The minimum absolute atomic E-state index is 0.280. The molecule has 0 bridgehead atoms. The van der Waals surface area contributed by atoms with Gasteiger partial charge in [-0.3, -0.25) is 0 Å². The Morgan fingerprint density at radius 1 is 1.15 bits per heavy atom. The normalized spacial score (nSPS) is 11.7. The molecule has 1 aromatic carbocycles. The Morgan fingerprint density at radius 3 is 2.35 bits per heavy atom. The lowest BCUT2D eigenvalue weighted by Crippen LogP contribution is -2.26. The van der Waals surface area contributed by atoms with E-state index in [1.165, 1.54) is 6.07 Å². The van der Waals surface area contributed by atoms with E-state index < -0.39 is 11.7 Å². The highest BCUT2D eigenvalue weighted by Gasteiger charge is 2.34. The minimum Gasteiger partial charge on any atom is -0.371 e. The lowest BCUT2D eigenvalue weighted by molar-refractivity contribution is -0.137.